The lowest BCUT2D eigenvalue weighted by molar-refractivity contribution is 0.0903. The molecule has 1 aliphatic carbocycles. The third-order valence-corrected chi connectivity index (χ3v) is 7.11. The van der Waals surface area contributed by atoms with E-state index in [1.165, 1.54) is 12.8 Å². The maximum absolute atomic E-state index is 13.8. The van der Waals surface area contributed by atoms with Gasteiger partial charge in [0.2, 0.25) is 0 Å². The minimum atomic E-state index is -0.163. The summed E-state index contributed by atoms with van der Waals surface area (Å²) < 4.78 is 7.48. The quantitative estimate of drug-likeness (QED) is 0.465. The van der Waals surface area contributed by atoms with Gasteiger partial charge in [0.1, 0.15) is 0 Å². The third kappa shape index (κ3) is 4.91. The van der Waals surface area contributed by atoms with E-state index < -0.39 is 0 Å². The van der Waals surface area contributed by atoms with Gasteiger partial charge in [0.25, 0.3) is 5.91 Å². The Morgan fingerprint density at radius 3 is 2.62 bits per heavy atom. The predicted molar refractivity (Wildman–Crippen MR) is 134 cm³/mol. The number of fused-ring (bicyclic) bond motifs is 1. The molecule has 1 saturated carbocycles. The summed E-state index contributed by atoms with van der Waals surface area (Å²) in [4.78, 5) is 18.8. The van der Waals surface area contributed by atoms with Crippen LogP contribution in [0.4, 0.5) is 5.69 Å². The first kappa shape index (κ1) is 23.1. The number of carbonyl (C=O) groups excluding carboxylic acids is 1. The molecule has 0 spiro atoms. The minimum absolute atomic E-state index is 0.105. The highest BCUT2D eigenvalue weighted by Gasteiger charge is 2.30. The highest BCUT2D eigenvalue weighted by molar-refractivity contribution is 6.30. The van der Waals surface area contributed by atoms with Crippen LogP contribution in [0.25, 0.3) is 11.0 Å². The molecule has 0 bridgehead atoms. The summed E-state index contributed by atoms with van der Waals surface area (Å²) in [6.45, 7) is 6.24. The molecule has 5 rings (SSSR count). The van der Waals surface area contributed by atoms with Gasteiger partial charge in [-0.1, -0.05) is 23.7 Å². The van der Waals surface area contributed by atoms with Crippen LogP contribution in [0.2, 0.25) is 5.02 Å². The number of aromatic nitrogens is 3. The number of anilines is 1. The zero-order valence-electron chi connectivity index (χ0n) is 19.8. The van der Waals surface area contributed by atoms with Gasteiger partial charge in [0, 0.05) is 30.8 Å². The minimum Gasteiger partial charge on any atom is -0.381 e. The number of nitrogens with zero attached hydrogens (tertiary/aromatic N) is 3. The molecule has 0 radical (unpaired) electrons. The molecule has 2 aliphatic rings. The molecule has 3 heterocycles. The number of amides is 1. The summed E-state index contributed by atoms with van der Waals surface area (Å²) >= 11 is 6.06. The molecule has 34 heavy (non-hydrogen) atoms. The maximum Gasteiger partial charge on any atom is 0.255 e. The average Bonchev–Trinajstić information content (AvgIpc) is 3.56. The number of aryl methyl sites for hydroxylation is 1. The Balaban J connectivity index is 1.56. The smallest absolute Gasteiger partial charge is 0.255 e. The second-order valence-electron chi connectivity index (χ2n) is 9.43. The van der Waals surface area contributed by atoms with E-state index in [-0.39, 0.29) is 18.0 Å². The molecular formula is C26H32ClN5O2. The Bertz CT molecular complexity index is 1170. The summed E-state index contributed by atoms with van der Waals surface area (Å²) in [5.41, 5.74) is 4.22. The van der Waals surface area contributed by atoms with E-state index in [1.807, 2.05) is 42.1 Å². The van der Waals surface area contributed by atoms with Crippen molar-refractivity contribution in [1.82, 2.24) is 20.1 Å². The van der Waals surface area contributed by atoms with E-state index in [9.17, 15) is 4.79 Å². The first-order valence-corrected chi connectivity index (χ1v) is 12.7. The molecule has 1 unspecified atom stereocenters. The molecule has 180 valence electrons. The Morgan fingerprint density at radius 2 is 1.94 bits per heavy atom. The first-order chi connectivity index (χ1) is 16.5. The summed E-state index contributed by atoms with van der Waals surface area (Å²) in [6, 6.07) is 7.69. The Labute approximate surface area is 205 Å². The molecule has 1 saturated heterocycles. The van der Waals surface area contributed by atoms with E-state index in [1.54, 1.807) is 0 Å². The normalized spacial score (nSPS) is 17.6. The molecule has 2 fully saturated rings. The fraction of sp³-hybridized carbons (Fsp3) is 0.500. The molecule has 7 nitrogen and oxygen atoms in total. The van der Waals surface area contributed by atoms with Gasteiger partial charge in [0.15, 0.2) is 5.65 Å². The number of nitrogens with one attached hydrogen (secondary N) is 2. The number of halogens is 1. The second kappa shape index (κ2) is 9.92. The van der Waals surface area contributed by atoms with Gasteiger partial charge >= 0.3 is 0 Å². The Morgan fingerprint density at radius 1 is 1.21 bits per heavy atom. The van der Waals surface area contributed by atoms with Gasteiger partial charge < -0.3 is 15.4 Å². The van der Waals surface area contributed by atoms with E-state index in [0.29, 0.717) is 16.5 Å². The highest BCUT2D eigenvalue weighted by atomic mass is 35.5. The summed E-state index contributed by atoms with van der Waals surface area (Å²) in [6.07, 6.45) is 6.85. The van der Waals surface area contributed by atoms with E-state index >= 15 is 0 Å². The highest BCUT2D eigenvalue weighted by Crippen LogP contribution is 2.37. The summed E-state index contributed by atoms with van der Waals surface area (Å²) in [7, 11) is 0. The number of benzene rings is 1. The van der Waals surface area contributed by atoms with Crippen LogP contribution in [0.5, 0.6) is 0 Å². The van der Waals surface area contributed by atoms with Crippen LogP contribution < -0.4 is 10.6 Å². The first-order valence-electron chi connectivity index (χ1n) is 12.3. The van der Waals surface area contributed by atoms with Crippen molar-refractivity contribution in [3.8, 4) is 0 Å². The van der Waals surface area contributed by atoms with Crippen molar-refractivity contribution >= 4 is 34.2 Å². The third-order valence-electron chi connectivity index (χ3n) is 6.85. The monoisotopic (exact) mass is 481 g/mol. The van der Waals surface area contributed by atoms with Crippen molar-refractivity contribution < 1.29 is 9.53 Å². The van der Waals surface area contributed by atoms with Gasteiger partial charge in [-0.15, -0.1) is 0 Å². The van der Waals surface area contributed by atoms with E-state index in [2.05, 4.69) is 22.7 Å². The van der Waals surface area contributed by atoms with Crippen LogP contribution in [0.3, 0.4) is 0 Å². The number of carbonyl (C=O) groups is 1. The van der Waals surface area contributed by atoms with Crippen molar-refractivity contribution in [3.63, 3.8) is 0 Å². The van der Waals surface area contributed by atoms with Gasteiger partial charge in [0.05, 0.1) is 34.6 Å². The van der Waals surface area contributed by atoms with Crippen LogP contribution in [0, 0.1) is 5.92 Å². The van der Waals surface area contributed by atoms with Crippen molar-refractivity contribution in [3.05, 3.63) is 52.3 Å². The number of hydrogen-bond donors (Lipinski definition) is 2. The number of pyridine rings is 1. The van der Waals surface area contributed by atoms with Crippen LogP contribution >= 0.6 is 11.6 Å². The van der Waals surface area contributed by atoms with E-state index in [0.717, 1.165) is 67.0 Å². The number of ether oxygens (including phenoxy) is 1. The van der Waals surface area contributed by atoms with Crippen LogP contribution in [0.15, 0.2) is 30.5 Å². The van der Waals surface area contributed by atoms with Crippen molar-refractivity contribution in [2.75, 3.05) is 18.5 Å². The molecule has 1 amide bonds. The van der Waals surface area contributed by atoms with Crippen LogP contribution in [0.1, 0.15) is 67.2 Å². The molecular weight excluding hydrogens is 450 g/mol. The number of rotatable bonds is 8. The van der Waals surface area contributed by atoms with Crippen LogP contribution in [-0.2, 0) is 17.7 Å². The van der Waals surface area contributed by atoms with Gasteiger partial charge in [-0.25, -0.2) is 9.67 Å². The van der Waals surface area contributed by atoms with E-state index in [4.69, 9.17) is 21.3 Å². The fourth-order valence-corrected chi connectivity index (χ4v) is 4.78. The lowest BCUT2D eigenvalue weighted by atomic mass is 10.0. The SMILES string of the molecule is CCn1ncc2c(NC3CCOCC3)c(C(=O)NC(C)c3ccc(Cl)cc3)c(CC3CC3)nc21. The number of hydrogen-bond acceptors (Lipinski definition) is 5. The lowest BCUT2D eigenvalue weighted by Crippen LogP contribution is -2.32. The molecule has 1 aliphatic heterocycles. The van der Waals surface area contributed by atoms with Crippen molar-refractivity contribution in [2.24, 2.45) is 5.92 Å². The summed E-state index contributed by atoms with van der Waals surface area (Å²) in [5.74, 6) is 0.491. The van der Waals surface area contributed by atoms with Gasteiger partial charge in [-0.2, -0.15) is 5.10 Å². The maximum atomic E-state index is 13.8. The van der Waals surface area contributed by atoms with Crippen LogP contribution in [-0.4, -0.2) is 39.9 Å². The molecule has 1 atom stereocenters. The molecule has 3 aromatic rings. The zero-order chi connectivity index (χ0) is 23.7. The largest absolute Gasteiger partial charge is 0.381 e. The second-order valence-corrected chi connectivity index (χ2v) is 9.87. The molecule has 2 N–H and O–H groups in total. The van der Waals surface area contributed by atoms with Gasteiger partial charge in [-0.3, -0.25) is 4.79 Å². The standard InChI is InChI=1S/C26H32ClN5O2/c1-3-32-25-21(15-28-32)24(30-20-10-12-34-13-11-20)23(22(31-25)14-17-4-5-17)26(33)29-16(2)18-6-8-19(27)9-7-18/h6-9,15-17,20H,3-5,10-14H2,1-2H3,(H,29,33)(H,30,31). The molecule has 8 heteroatoms. The zero-order valence-corrected chi connectivity index (χ0v) is 20.6. The summed E-state index contributed by atoms with van der Waals surface area (Å²) in [5, 5.41) is 13.1. The molecule has 2 aromatic heterocycles. The topological polar surface area (TPSA) is 81.1 Å². The fourth-order valence-electron chi connectivity index (χ4n) is 4.65. The van der Waals surface area contributed by atoms with Crippen molar-refractivity contribution in [1.29, 1.82) is 0 Å². The Kier molecular flexibility index (Phi) is 6.75. The Hall–Kier alpha value is -2.64. The predicted octanol–water partition coefficient (Wildman–Crippen LogP) is 5.14. The average molecular weight is 482 g/mol. The van der Waals surface area contributed by atoms with Gasteiger partial charge in [-0.05, 0) is 69.6 Å². The molecule has 1 aromatic carbocycles. The lowest BCUT2D eigenvalue weighted by Gasteiger charge is -2.27. The van der Waals surface area contributed by atoms with Crippen molar-refractivity contribution in [2.45, 2.75) is 64.6 Å².